The second-order valence-corrected chi connectivity index (χ2v) is 5.82. The third kappa shape index (κ3) is 6.80. The molecule has 0 aromatic heterocycles. The molecular formula is C19H34. The number of unbranched alkanes of at least 4 members (excludes halogenated alkanes) is 1. The van der Waals surface area contributed by atoms with E-state index in [-0.39, 0.29) is 0 Å². The van der Waals surface area contributed by atoms with Crippen molar-refractivity contribution in [3.05, 3.63) is 37.5 Å². The van der Waals surface area contributed by atoms with Gasteiger partial charge in [-0.1, -0.05) is 77.3 Å². The fraction of sp³-hybridized carbons (Fsp3) is 0.684. The highest BCUT2D eigenvalue weighted by atomic mass is 14.3. The van der Waals surface area contributed by atoms with E-state index in [1.165, 1.54) is 44.1 Å². The van der Waals surface area contributed by atoms with E-state index < -0.39 is 0 Å². The zero-order valence-electron chi connectivity index (χ0n) is 13.5. The van der Waals surface area contributed by atoms with Gasteiger partial charge in [-0.25, -0.2) is 0 Å². The highest BCUT2D eigenvalue weighted by Gasteiger charge is 2.26. The third-order valence-corrected chi connectivity index (χ3v) is 4.30. The molecule has 19 heavy (non-hydrogen) atoms. The van der Waals surface area contributed by atoms with Crippen molar-refractivity contribution in [2.45, 2.75) is 65.7 Å². The normalized spacial score (nSPS) is 15.5. The summed E-state index contributed by atoms with van der Waals surface area (Å²) >= 11 is 0. The van der Waals surface area contributed by atoms with Crippen molar-refractivity contribution in [2.75, 3.05) is 0 Å². The van der Waals surface area contributed by atoms with Crippen LogP contribution in [0.3, 0.4) is 0 Å². The summed E-state index contributed by atoms with van der Waals surface area (Å²) in [6.45, 7) is 19.0. The van der Waals surface area contributed by atoms with Gasteiger partial charge in [0.15, 0.2) is 0 Å². The first-order valence-electron chi connectivity index (χ1n) is 8.04. The molecule has 0 bridgehead atoms. The maximum atomic E-state index is 4.25. The van der Waals surface area contributed by atoms with E-state index in [4.69, 9.17) is 0 Å². The van der Waals surface area contributed by atoms with Crippen molar-refractivity contribution in [2.24, 2.45) is 17.8 Å². The highest BCUT2D eigenvalue weighted by molar-refractivity contribution is 5.16. The lowest BCUT2D eigenvalue weighted by molar-refractivity contribution is 0.228. The molecule has 0 nitrogen and oxygen atoms in total. The molecule has 0 saturated carbocycles. The van der Waals surface area contributed by atoms with Crippen LogP contribution in [0.2, 0.25) is 0 Å². The van der Waals surface area contributed by atoms with Crippen LogP contribution >= 0.6 is 0 Å². The first-order valence-corrected chi connectivity index (χ1v) is 8.04. The fourth-order valence-electron chi connectivity index (χ4n) is 3.11. The van der Waals surface area contributed by atoms with Gasteiger partial charge in [0.1, 0.15) is 0 Å². The van der Waals surface area contributed by atoms with Crippen molar-refractivity contribution in [1.29, 1.82) is 0 Å². The van der Waals surface area contributed by atoms with Gasteiger partial charge in [0.2, 0.25) is 0 Å². The number of allylic oxidation sites excluding steroid dienone is 3. The molecule has 0 heterocycles. The van der Waals surface area contributed by atoms with Gasteiger partial charge in [0.25, 0.3) is 0 Å². The third-order valence-electron chi connectivity index (χ3n) is 4.30. The van der Waals surface area contributed by atoms with Gasteiger partial charge >= 0.3 is 0 Å². The van der Waals surface area contributed by atoms with E-state index in [1.807, 2.05) is 12.2 Å². The SMILES string of the molecule is C=CCCC(C(=C)C=C)C(CCCC)C(C)CCC. The van der Waals surface area contributed by atoms with E-state index in [9.17, 15) is 0 Å². The monoisotopic (exact) mass is 262 g/mol. The Balaban J connectivity index is 4.91. The molecule has 3 atom stereocenters. The number of hydrogen-bond acceptors (Lipinski definition) is 0. The largest absolute Gasteiger partial charge is 0.103 e. The van der Waals surface area contributed by atoms with Crippen LogP contribution < -0.4 is 0 Å². The summed E-state index contributed by atoms with van der Waals surface area (Å²) < 4.78 is 0. The topological polar surface area (TPSA) is 0 Å². The molecule has 0 aromatic carbocycles. The fourth-order valence-corrected chi connectivity index (χ4v) is 3.11. The minimum Gasteiger partial charge on any atom is -0.103 e. The standard InChI is InChI=1S/C19H34/c1-7-11-14-18(16(5)10-4)19(15-12-8-2)17(6)13-9-3/h7,10,17-19H,1,4-5,8-9,11-15H2,2-3,6H3. The van der Waals surface area contributed by atoms with Crippen LogP contribution in [0.4, 0.5) is 0 Å². The van der Waals surface area contributed by atoms with Crippen LogP contribution in [0.1, 0.15) is 65.7 Å². The molecule has 0 radical (unpaired) electrons. The molecule has 0 saturated heterocycles. The van der Waals surface area contributed by atoms with E-state index in [0.717, 1.165) is 18.3 Å². The Morgan fingerprint density at radius 2 is 1.74 bits per heavy atom. The summed E-state index contributed by atoms with van der Waals surface area (Å²) in [5, 5.41) is 0. The van der Waals surface area contributed by atoms with E-state index in [1.54, 1.807) is 0 Å². The Kier molecular flexibility index (Phi) is 10.6. The number of rotatable bonds is 12. The Labute approximate surface area is 121 Å². The predicted molar refractivity (Wildman–Crippen MR) is 89.3 cm³/mol. The van der Waals surface area contributed by atoms with Crippen LogP contribution in [0.5, 0.6) is 0 Å². The summed E-state index contributed by atoms with van der Waals surface area (Å²) in [6, 6.07) is 0. The average molecular weight is 262 g/mol. The molecule has 0 aliphatic carbocycles. The molecule has 0 aromatic rings. The van der Waals surface area contributed by atoms with Gasteiger partial charge in [0.05, 0.1) is 0 Å². The molecule has 0 rings (SSSR count). The first kappa shape index (κ1) is 18.2. The summed E-state index contributed by atoms with van der Waals surface area (Å²) in [4.78, 5) is 0. The molecule has 0 fully saturated rings. The summed E-state index contributed by atoms with van der Waals surface area (Å²) in [5.74, 6) is 2.12. The second kappa shape index (κ2) is 11.1. The van der Waals surface area contributed by atoms with Crippen molar-refractivity contribution >= 4 is 0 Å². The van der Waals surface area contributed by atoms with Gasteiger partial charge < -0.3 is 0 Å². The smallest absolute Gasteiger partial charge is 0.0134 e. The quantitative estimate of drug-likeness (QED) is 0.276. The predicted octanol–water partition coefficient (Wildman–Crippen LogP) is 6.55. The molecule has 0 amide bonds. The van der Waals surface area contributed by atoms with Crippen LogP contribution in [-0.4, -0.2) is 0 Å². The lowest BCUT2D eigenvalue weighted by atomic mass is 9.72. The van der Waals surface area contributed by atoms with Crippen LogP contribution in [0, 0.1) is 17.8 Å². The minimum absolute atomic E-state index is 0.587. The maximum Gasteiger partial charge on any atom is -0.0134 e. The van der Waals surface area contributed by atoms with E-state index in [2.05, 4.69) is 40.5 Å². The summed E-state index contributed by atoms with van der Waals surface area (Å²) in [7, 11) is 0. The minimum atomic E-state index is 0.587. The zero-order chi connectivity index (χ0) is 14.7. The lowest BCUT2D eigenvalue weighted by Crippen LogP contribution is -2.23. The van der Waals surface area contributed by atoms with Gasteiger partial charge in [-0.05, 0) is 37.0 Å². The Morgan fingerprint density at radius 3 is 2.21 bits per heavy atom. The Hall–Kier alpha value is -0.780. The first-order chi connectivity index (χ1) is 9.12. The molecule has 0 aliphatic rings. The van der Waals surface area contributed by atoms with Crippen LogP contribution in [0.15, 0.2) is 37.5 Å². The van der Waals surface area contributed by atoms with Gasteiger partial charge in [-0.2, -0.15) is 0 Å². The van der Waals surface area contributed by atoms with E-state index >= 15 is 0 Å². The van der Waals surface area contributed by atoms with Crippen molar-refractivity contribution in [1.82, 2.24) is 0 Å². The highest BCUT2D eigenvalue weighted by Crippen LogP contribution is 2.36. The average Bonchev–Trinajstić information content (AvgIpc) is 2.41. The van der Waals surface area contributed by atoms with Crippen LogP contribution in [0.25, 0.3) is 0 Å². The zero-order valence-corrected chi connectivity index (χ0v) is 13.5. The molecule has 0 aliphatic heterocycles. The summed E-state index contributed by atoms with van der Waals surface area (Å²) in [5.41, 5.74) is 1.23. The molecule has 0 spiro atoms. The lowest BCUT2D eigenvalue weighted by Gasteiger charge is -2.33. The van der Waals surface area contributed by atoms with Crippen molar-refractivity contribution in [3.63, 3.8) is 0 Å². The van der Waals surface area contributed by atoms with Crippen LogP contribution in [-0.2, 0) is 0 Å². The van der Waals surface area contributed by atoms with Gasteiger partial charge in [0, 0.05) is 0 Å². The second-order valence-electron chi connectivity index (χ2n) is 5.82. The van der Waals surface area contributed by atoms with Gasteiger partial charge in [-0.3, -0.25) is 0 Å². The summed E-state index contributed by atoms with van der Waals surface area (Å²) in [6.07, 6.45) is 12.8. The molecule has 0 N–H and O–H groups in total. The molecule has 0 heteroatoms. The molecular weight excluding hydrogens is 228 g/mol. The van der Waals surface area contributed by atoms with Crippen molar-refractivity contribution < 1.29 is 0 Å². The molecule has 3 unspecified atom stereocenters. The Bertz CT molecular complexity index is 261. The van der Waals surface area contributed by atoms with Crippen molar-refractivity contribution in [3.8, 4) is 0 Å². The van der Waals surface area contributed by atoms with Gasteiger partial charge in [-0.15, -0.1) is 6.58 Å². The molecule has 110 valence electrons. The van der Waals surface area contributed by atoms with E-state index in [0.29, 0.717) is 5.92 Å². The Morgan fingerprint density at radius 1 is 1.05 bits per heavy atom. The maximum absolute atomic E-state index is 4.25. The number of hydrogen-bond donors (Lipinski definition) is 0.